The SMILES string of the molecule is CCCCCCC[CH2][Sn]([O]C(=O)C(CS)CCC)([O]C(=O)C(CS)CCC)[O]C(=O)C(CS)CCC. The minimum atomic E-state index is -5.01. The molecule has 0 rings (SSSR count). The number of thiol groups is 3. The number of carbonyl (C=O) groups excluding carboxylic acids is 3. The molecular weight excluding hydrogens is 623 g/mol. The molecule has 0 heterocycles. The second-order valence-electron chi connectivity index (χ2n) is 9.47. The van der Waals surface area contributed by atoms with Gasteiger partial charge < -0.3 is 0 Å². The van der Waals surface area contributed by atoms with Gasteiger partial charge in [0.25, 0.3) is 0 Å². The Balaban J connectivity index is 6.10. The fourth-order valence-corrected chi connectivity index (χ4v) is 12.2. The maximum atomic E-state index is 13.2. The third-order valence-corrected chi connectivity index (χ3v) is 14.6. The first-order valence-corrected chi connectivity index (χ1v) is 21.2. The number of hydrogen-bond donors (Lipinski definition) is 3. The molecule has 3 unspecified atom stereocenters. The van der Waals surface area contributed by atoms with E-state index in [9.17, 15) is 14.4 Å². The summed E-state index contributed by atoms with van der Waals surface area (Å²) in [5, 5.41) is 0. The van der Waals surface area contributed by atoms with Crippen molar-refractivity contribution in [2.24, 2.45) is 17.8 Å². The molecule has 0 bridgehead atoms. The molecule has 0 saturated heterocycles. The first-order chi connectivity index (χ1) is 17.3. The van der Waals surface area contributed by atoms with Gasteiger partial charge in [0.1, 0.15) is 0 Å². The zero-order valence-electron chi connectivity index (χ0n) is 22.8. The maximum absolute atomic E-state index is 13.2. The van der Waals surface area contributed by atoms with E-state index in [0.29, 0.717) is 47.4 Å². The van der Waals surface area contributed by atoms with Crippen molar-refractivity contribution in [3.63, 3.8) is 0 Å². The van der Waals surface area contributed by atoms with E-state index < -0.39 is 55.3 Å². The van der Waals surface area contributed by atoms with Gasteiger partial charge in [0.2, 0.25) is 0 Å². The van der Waals surface area contributed by atoms with Crippen LogP contribution in [0.3, 0.4) is 0 Å². The summed E-state index contributed by atoms with van der Waals surface area (Å²) in [5.74, 6) is -1.81. The van der Waals surface area contributed by atoms with Crippen LogP contribution in [0.5, 0.6) is 0 Å². The van der Waals surface area contributed by atoms with Gasteiger partial charge >= 0.3 is 243 Å². The second-order valence-corrected chi connectivity index (χ2v) is 17.6. The van der Waals surface area contributed by atoms with Gasteiger partial charge in [0, 0.05) is 0 Å². The summed E-state index contributed by atoms with van der Waals surface area (Å²) in [6, 6.07) is 0. The molecule has 0 aromatic rings. The summed E-state index contributed by atoms with van der Waals surface area (Å²) in [6.45, 7) is 8.12. The molecule has 0 radical (unpaired) electrons. The Bertz CT molecular complexity index is 553. The van der Waals surface area contributed by atoms with Crippen LogP contribution in [0.25, 0.3) is 0 Å². The average Bonchev–Trinajstić information content (AvgIpc) is 2.85. The van der Waals surface area contributed by atoms with E-state index >= 15 is 0 Å². The zero-order valence-corrected chi connectivity index (χ0v) is 28.4. The molecular formula is C26H50O6S3Sn. The average molecular weight is 674 g/mol. The topological polar surface area (TPSA) is 78.9 Å². The molecule has 0 N–H and O–H groups in total. The van der Waals surface area contributed by atoms with Crippen molar-refractivity contribution >= 4 is 75.4 Å². The van der Waals surface area contributed by atoms with Crippen LogP contribution in [0.2, 0.25) is 4.44 Å². The molecule has 0 fully saturated rings. The summed E-state index contributed by atoms with van der Waals surface area (Å²) in [6.07, 6.45) is 10.2. The third-order valence-electron chi connectivity index (χ3n) is 6.18. The first-order valence-electron chi connectivity index (χ1n) is 13.8. The minimum absolute atomic E-state index is 0.298. The van der Waals surface area contributed by atoms with Gasteiger partial charge in [-0.15, -0.1) is 0 Å². The van der Waals surface area contributed by atoms with Crippen molar-refractivity contribution in [3.8, 4) is 0 Å². The Kier molecular flexibility index (Phi) is 22.3. The molecule has 3 atom stereocenters. The van der Waals surface area contributed by atoms with E-state index in [4.69, 9.17) is 9.22 Å². The normalized spacial score (nSPS) is 15.4. The van der Waals surface area contributed by atoms with Crippen LogP contribution in [0, 0.1) is 17.8 Å². The van der Waals surface area contributed by atoms with E-state index in [1.807, 2.05) is 20.8 Å². The fraction of sp³-hybridized carbons (Fsp3) is 0.885. The van der Waals surface area contributed by atoms with Crippen LogP contribution >= 0.6 is 37.9 Å². The van der Waals surface area contributed by atoms with E-state index in [1.165, 1.54) is 0 Å². The Morgan fingerprint density at radius 2 is 0.889 bits per heavy atom. The van der Waals surface area contributed by atoms with Crippen molar-refractivity contribution in [1.29, 1.82) is 0 Å². The Morgan fingerprint density at radius 1 is 0.556 bits per heavy atom. The molecule has 212 valence electrons. The summed E-state index contributed by atoms with van der Waals surface area (Å²) in [4.78, 5) is 39.6. The molecule has 0 aromatic carbocycles. The molecule has 0 aliphatic rings. The molecule has 0 aromatic heterocycles. The van der Waals surface area contributed by atoms with Gasteiger partial charge in [0.15, 0.2) is 0 Å². The van der Waals surface area contributed by atoms with Gasteiger partial charge in [-0.05, 0) is 0 Å². The Morgan fingerprint density at radius 3 is 1.19 bits per heavy atom. The van der Waals surface area contributed by atoms with E-state index in [-0.39, 0.29) is 0 Å². The van der Waals surface area contributed by atoms with Crippen molar-refractivity contribution in [3.05, 3.63) is 0 Å². The molecule has 10 heteroatoms. The number of rotatable bonds is 22. The van der Waals surface area contributed by atoms with Gasteiger partial charge in [-0.25, -0.2) is 0 Å². The van der Waals surface area contributed by atoms with Gasteiger partial charge in [-0.1, -0.05) is 0 Å². The summed E-state index contributed by atoms with van der Waals surface area (Å²) >= 11 is 7.99. The molecule has 0 aliphatic carbocycles. The summed E-state index contributed by atoms with van der Waals surface area (Å²) < 4.78 is 18.4. The third kappa shape index (κ3) is 14.4. The predicted molar refractivity (Wildman–Crippen MR) is 159 cm³/mol. The standard InChI is InChI=1S/C8H17.3C6H12O2S.Sn/c1-3-5-7-8-6-4-2;3*1-2-3-5(4-9)6(7)8;/h1,3-8H2,2H3;3*5,9H,2-4H2,1H3,(H,7,8);/q;;;;+3/p-3. The Labute approximate surface area is 241 Å². The number of unbranched alkanes of at least 4 members (excludes halogenated alkanes) is 5. The van der Waals surface area contributed by atoms with Gasteiger partial charge in [-0.2, -0.15) is 0 Å². The molecule has 0 aliphatic heterocycles. The van der Waals surface area contributed by atoms with Crippen molar-refractivity contribution in [2.45, 2.75) is 109 Å². The van der Waals surface area contributed by atoms with Crippen LogP contribution in [-0.2, 0) is 23.6 Å². The summed E-state index contributed by atoms with van der Waals surface area (Å²) in [5.41, 5.74) is 0. The Hall–Kier alpha value is 0.259. The van der Waals surface area contributed by atoms with E-state index in [1.54, 1.807) is 0 Å². The predicted octanol–water partition coefficient (Wildman–Crippen LogP) is 6.95. The first kappa shape index (κ1) is 36.3. The molecule has 0 spiro atoms. The summed E-state index contributed by atoms with van der Waals surface area (Å²) in [7, 11) is 0. The zero-order chi connectivity index (χ0) is 27.4. The second kappa shape index (κ2) is 22.1. The number of hydrogen-bond acceptors (Lipinski definition) is 9. The molecule has 0 saturated carbocycles. The van der Waals surface area contributed by atoms with Crippen LogP contribution in [0.4, 0.5) is 0 Å². The fourth-order valence-electron chi connectivity index (χ4n) is 3.94. The molecule has 6 nitrogen and oxygen atoms in total. The van der Waals surface area contributed by atoms with Crippen LogP contribution in [-0.4, -0.2) is 54.8 Å². The van der Waals surface area contributed by atoms with E-state index in [2.05, 4.69) is 44.8 Å². The van der Waals surface area contributed by atoms with E-state index in [0.717, 1.165) is 51.4 Å². The number of carbonyl (C=O) groups is 3. The van der Waals surface area contributed by atoms with Gasteiger partial charge in [0.05, 0.1) is 0 Å². The van der Waals surface area contributed by atoms with Crippen LogP contribution in [0.15, 0.2) is 0 Å². The van der Waals surface area contributed by atoms with Crippen LogP contribution in [0.1, 0.15) is 105 Å². The monoisotopic (exact) mass is 674 g/mol. The van der Waals surface area contributed by atoms with Gasteiger partial charge in [-0.3, -0.25) is 0 Å². The molecule has 36 heavy (non-hydrogen) atoms. The molecule has 0 amide bonds. The van der Waals surface area contributed by atoms with Crippen molar-refractivity contribution in [1.82, 2.24) is 0 Å². The quantitative estimate of drug-likeness (QED) is 0.0656. The van der Waals surface area contributed by atoms with Crippen molar-refractivity contribution in [2.75, 3.05) is 17.3 Å². The van der Waals surface area contributed by atoms with Crippen molar-refractivity contribution < 1.29 is 23.6 Å². The van der Waals surface area contributed by atoms with Crippen LogP contribution < -0.4 is 0 Å².